The molecular weight excluding hydrogens is 374 g/mol. The monoisotopic (exact) mass is 397 g/mol. The molecule has 3 aliphatic rings. The lowest BCUT2D eigenvalue weighted by Gasteiger charge is -2.50. The summed E-state index contributed by atoms with van der Waals surface area (Å²) in [5, 5.41) is 9.30. The van der Waals surface area contributed by atoms with E-state index in [0.29, 0.717) is 32.5 Å². The molecule has 1 aromatic carbocycles. The third-order valence-corrected chi connectivity index (χ3v) is 6.70. The molecule has 146 valence electrons. The smallest absolute Gasteiger partial charge is 0.409 e. The van der Waals surface area contributed by atoms with Gasteiger partial charge in [0.2, 0.25) is 5.72 Å². The zero-order chi connectivity index (χ0) is 19.1. The topological polar surface area (TPSA) is 54.4 Å². The molecule has 0 N–H and O–H groups in total. The van der Waals surface area contributed by atoms with E-state index < -0.39 is 5.72 Å². The number of amides is 1. The van der Waals surface area contributed by atoms with Gasteiger partial charge in [-0.3, -0.25) is 0 Å². The first-order chi connectivity index (χ1) is 13.7. The zero-order valence-corrected chi connectivity index (χ0v) is 16.7. The summed E-state index contributed by atoms with van der Waals surface area (Å²) in [5.74, 6) is 0.941. The Labute approximate surface area is 168 Å². The molecule has 1 atom stereocenters. The number of carbonyl (C=O) groups is 1. The molecule has 2 aromatic rings. The first kappa shape index (κ1) is 17.6. The molecule has 1 amide bonds. The summed E-state index contributed by atoms with van der Waals surface area (Å²) in [5.41, 5.74) is 1.80. The molecule has 1 fully saturated rings. The molecule has 7 heteroatoms. The third-order valence-electron chi connectivity index (χ3n) is 5.78. The number of hydrazone groups is 1. The Morgan fingerprint density at radius 3 is 2.86 bits per heavy atom. The molecule has 6 nitrogen and oxygen atoms in total. The Morgan fingerprint density at radius 1 is 1.29 bits per heavy atom. The maximum atomic E-state index is 12.1. The minimum absolute atomic E-state index is 0.177. The van der Waals surface area contributed by atoms with E-state index in [9.17, 15) is 4.79 Å². The Hall–Kier alpha value is -2.54. The van der Waals surface area contributed by atoms with E-state index in [4.69, 9.17) is 14.6 Å². The van der Waals surface area contributed by atoms with Crippen LogP contribution in [-0.2, 0) is 4.74 Å². The van der Waals surface area contributed by atoms with Gasteiger partial charge in [-0.15, -0.1) is 11.3 Å². The number of likely N-dealkylation sites (tertiary alicyclic amines) is 1. The second-order valence-corrected chi connectivity index (χ2v) is 8.31. The van der Waals surface area contributed by atoms with Gasteiger partial charge in [0.1, 0.15) is 5.75 Å². The van der Waals surface area contributed by atoms with Crippen LogP contribution in [0.3, 0.4) is 0 Å². The number of carbonyl (C=O) groups excluding carboxylic acids is 1. The van der Waals surface area contributed by atoms with Gasteiger partial charge in [-0.05, 0) is 24.4 Å². The summed E-state index contributed by atoms with van der Waals surface area (Å²) in [6.07, 6.45) is 2.05. The number of ether oxygens (including phenoxy) is 2. The third kappa shape index (κ3) is 2.76. The van der Waals surface area contributed by atoms with Crippen molar-refractivity contribution >= 4 is 23.1 Å². The van der Waals surface area contributed by atoms with Crippen LogP contribution >= 0.6 is 11.3 Å². The largest absolute Gasteiger partial charge is 0.466 e. The number of para-hydroxylation sites is 1. The highest BCUT2D eigenvalue weighted by Gasteiger charge is 2.52. The SMILES string of the molecule is CCOC(=O)N1CCC2(CC1)Oc1ccccc1C1CC(c3cccs3)=NN12. The average Bonchev–Trinajstić information content (AvgIpc) is 3.39. The normalized spacial score (nSPS) is 22.3. The first-order valence-corrected chi connectivity index (χ1v) is 10.7. The van der Waals surface area contributed by atoms with Crippen LogP contribution < -0.4 is 4.74 Å². The van der Waals surface area contributed by atoms with Crippen molar-refractivity contribution in [1.82, 2.24) is 9.91 Å². The van der Waals surface area contributed by atoms with Gasteiger partial charge in [0.25, 0.3) is 0 Å². The fourth-order valence-electron chi connectivity index (χ4n) is 4.40. The molecule has 1 aromatic heterocycles. The highest BCUT2D eigenvalue weighted by Crippen LogP contribution is 2.50. The highest BCUT2D eigenvalue weighted by atomic mass is 32.1. The zero-order valence-electron chi connectivity index (χ0n) is 15.8. The second-order valence-electron chi connectivity index (χ2n) is 7.36. The Kier molecular flexibility index (Phi) is 4.27. The number of hydrogen-bond donors (Lipinski definition) is 0. The summed E-state index contributed by atoms with van der Waals surface area (Å²) < 4.78 is 11.7. The highest BCUT2D eigenvalue weighted by molar-refractivity contribution is 7.12. The maximum absolute atomic E-state index is 12.1. The minimum Gasteiger partial charge on any atom is -0.466 e. The van der Waals surface area contributed by atoms with Crippen LogP contribution in [0.4, 0.5) is 4.79 Å². The van der Waals surface area contributed by atoms with Crippen molar-refractivity contribution in [2.45, 2.75) is 38.0 Å². The van der Waals surface area contributed by atoms with Crippen LogP contribution in [0.25, 0.3) is 0 Å². The molecule has 1 spiro atoms. The molecule has 0 aliphatic carbocycles. The van der Waals surface area contributed by atoms with Gasteiger partial charge in [0, 0.05) is 37.9 Å². The van der Waals surface area contributed by atoms with Gasteiger partial charge in [-0.25, -0.2) is 9.80 Å². The molecule has 4 heterocycles. The number of hydrogen-bond acceptors (Lipinski definition) is 6. The van der Waals surface area contributed by atoms with Crippen molar-refractivity contribution in [1.29, 1.82) is 0 Å². The maximum Gasteiger partial charge on any atom is 0.409 e. The van der Waals surface area contributed by atoms with Gasteiger partial charge in [-0.1, -0.05) is 24.3 Å². The van der Waals surface area contributed by atoms with Crippen LogP contribution in [0.2, 0.25) is 0 Å². The van der Waals surface area contributed by atoms with Gasteiger partial charge in [-0.2, -0.15) is 5.10 Å². The van der Waals surface area contributed by atoms with Crippen LogP contribution in [0.15, 0.2) is 46.9 Å². The van der Waals surface area contributed by atoms with Gasteiger partial charge >= 0.3 is 6.09 Å². The van der Waals surface area contributed by atoms with Crippen molar-refractivity contribution in [3.63, 3.8) is 0 Å². The summed E-state index contributed by atoms with van der Waals surface area (Å²) in [6.45, 7) is 3.44. The van der Waals surface area contributed by atoms with Crippen molar-refractivity contribution in [3.05, 3.63) is 52.2 Å². The molecular formula is C21H23N3O3S. The fraction of sp³-hybridized carbons (Fsp3) is 0.429. The standard InChI is InChI=1S/C21H23N3O3S/c1-2-26-20(25)23-11-9-21(10-12-23)24-17(15-6-3-4-7-18(15)27-21)14-16(22-24)19-8-5-13-28-19/h3-8,13,17H,2,9-12,14H2,1H3. The average molecular weight is 398 g/mol. The Morgan fingerprint density at radius 2 is 2.11 bits per heavy atom. The summed E-state index contributed by atoms with van der Waals surface area (Å²) in [4.78, 5) is 15.1. The molecule has 0 saturated carbocycles. The lowest BCUT2D eigenvalue weighted by Crippen LogP contribution is -2.59. The van der Waals surface area contributed by atoms with E-state index in [1.807, 2.05) is 13.0 Å². The molecule has 5 rings (SSSR count). The summed E-state index contributed by atoms with van der Waals surface area (Å²) in [6, 6.07) is 12.6. The minimum atomic E-state index is -0.513. The van der Waals surface area contributed by atoms with Crippen LogP contribution in [0.1, 0.15) is 42.7 Å². The molecule has 0 bridgehead atoms. The number of thiophene rings is 1. The van der Waals surface area contributed by atoms with E-state index in [1.165, 1.54) is 10.4 Å². The van der Waals surface area contributed by atoms with E-state index in [2.05, 4.69) is 40.7 Å². The van der Waals surface area contributed by atoms with Crippen molar-refractivity contribution < 1.29 is 14.3 Å². The number of nitrogens with zero attached hydrogens (tertiary/aromatic N) is 3. The Bertz CT molecular complexity index is 903. The number of piperidine rings is 1. The Balaban J connectivity index is 1.47. The summed E-state index contributed by atoms with van der Waals surface area (Å²) >= 11 is 1.72. The number of fused-ring (bicyclic) bond motifs is 4. The van der Waals surface area contributed by atoms with Gasteiger partial charge < -0.3 is 14.4 Å². The van der Waals surface area contributed by atoms with Crippen LogP contribution in [-0.4, -0.2) is 47.1 Å². The fourth-order valence-corrected chi connectivity index (χ4v) is 5.13. The molecule has 1 unspecified atom stereocenters. The number of rotatable bonds is 2. The van der Waals surface area contributed by atoms with Crippen LogP contribution in [0.5, 0.6) is 5.75 Å². The van der Waals surface area contributed by atoms with Crippen LogP contribution in [0, 0.1) is 0 Å². The van der Waals surface area contributed by atoms with E-state index in [1.54, 1.807) is 16.2 Å². The predicted molar refractivity (Wildman–Crippen MR) is 108 cm³/mol. The molecule has 3 aliphatic heterocycles. The van der Waals surface area contributed by atoms with Gasteiger partial charge in [0.05, 0.1) is 23.2 Å². The predicted octanol–water partition coefficient (Wildman–Crippen LogP) is 4.24. The molecule has 0 radical (unpaired) electrons. The van der Waals surface area contributed by atoms with E-state index >= 15 is 0 Å². The van der Waals surface area contributed by atoms with Gasteiger partial charge in [0.15, 0.2) is 0 Å². The molecule has 28 heavy (non-hydrogen) atoms. The summed E-state index contributed by atoms with van der Waals surface area (Å²) in [7, 11) is 0. The molecule has 1 saturated heterocycles. The number of benzene rings is 1. The lowest BCUT2D eigenvalue weighted by atomic mass is 9.91. The van der Waals surface area contributed by atoms with Crippen molar-refractivity contribution in [3.8, 4) is 5.75 Å². The quantitative estimate of drug-likeness (QED) is 0.761. The first-order valence-electron chi connectivity index (χ1n) is 9.80. The van der Waals surface area contributed by atoms with E-state index in [-0.39, 0.29) is 12.1 Å². The second kappa shape index (κ2) is 6.81. The van der Waals surface area contributed by atoms with E-state index in [0.717, 1.165) is 17.9 Å². The van der Waals surface area contributed by atoms with Crippen molar-refractivity contribution in [2.24, 2.45) is 5.10 Å². The van der Waals surface area contributed by atoms with Crippen molar-refractivity contribution in [2.75, 3.05) is 19.7 Å². The lowest BCUT2D eigenvalue weighted by molar-refractivity contribution is -0.147.